The van der Waals surface area contributed by atoms with Crippen molar-refractivity contribution in [2.24, 2.45) is 11.3 Å². The van der Waals surface area contributed by atoms with Crippen LogP contribution >= 0.6 is 11.3 Å². The normalized spacial score (nSPS) is 30.6. The van der Waals surface area contributed by atoms with Crippen molar-refractivity contribution in [3.8, 4) is 0 Å². The van der Waals surface area contributed by atoms with Crippen molar-refractivity contribution >= 4 is 21.4 Å². The van der Waals surface area contributed by atoms with Gasteiger partial charge in [-0.3, -0.25) is 0 Å². The molecule has 0 bridgehead atoms. The molecule has 1 aromatic heterocycles. The van der Waals surface area contributed by atoms with Gasteiger partial charge in [0.1, 0.15) is 0 Å². The number of rotatable bonds is 1. The lowest BCUT2D eigenvalue weighted by Gasteiger charge is -2.45. The highest BCUT2D eigenvalue weighted by molar-refractivity contribution is 7.17. The number of hydrogen-bond acceptors (Lipinski definition) is 2. The van der Waals surface area contributed by atoms with Gasteiger partial charge >= 0.3 is 0 Å². The summed E-state index contributed by atoms with van der Waals surface area (Å²) < 4.78 is 1.26. The minimum Gasteiger partial charge on any atom is -0.385 e. The van der Waals surface area contributed by atoms with Crippen molar-refractivity contribution in [1.82, 2.24) is 0 Å². The maximum atomic E-state index is 11.3. The second-order valence-corrected chi connectivity index (χ2v) is 7.95. The molecule has 0 saturated heterocycles. The van der Waals surface area contributed by atoms with Crippen molar-refractivity contribution < 1.29 is 5.11 Å². The highest BCUT2D eigenvalue weighted by atomic mass is 32.1. The zero-order chi connectivity index (χ0) is 13.7. The molecule has 1 saturated carbocycles. The Bertz CT molecular complexity index is 598. The van der Waals surface area contributed by atoms with Gasteiger partial charge in [-0.25, -0.2) is 0 Å². The molecule has 0 spiro atoms. The van der Waals surface area contributed by atoms with Gasteiger partial charge in [-0.15, -0.1) is 11.3 Å². The predicted octanol–water partition coefficient (Wildman–Crippen LogP) is 4.94. The lowest BCUT2D eigenvalue weighted by molar-refractivity contribution is -0.0623. The van der Waals surface area contributed by atoms with Crippen LogP contribution in [0.2, 0.25) is 0 Å². The van der Waals surface area contributed by atoms with E-state index in [9.17, 15) is 5.11 Å². The molecule has 2 aromatic rings. The summed E-state index contributed by atoms with van der Waals surface area (Å²) >= 11 is 1.75. The first-order chi connectivity index (χ1) is 8.90. The number of aliphatic hydroxyl groups is 1. The summed E-state index contributed by atoms with van der Waals surface area (Å²) in [5, 5.41) is 14.6. The molecule has 0 amide bonds. The van der Waals surface area contributed by atoms with E-state index in [0.717, 1.165) is 18.4 Å². The summed E-state index contributed by atoms with van der Waals surface area (Å²) in [6.45, 7) is 6.82. The summed E-state index contributed by atoms with van der Waals surface area (Å²) in [4.78, 5) is 0. The molecule has 3 rings (SSSR count). The Balaban J connectivity index is 2.11. The van der Waals surface area contributed by atoms with Gasteiger partial charge in [0.15, 0.2) is 0 Å². The van der Waals surface area contributed by atoms with E-state index in [2.05, 4.69) is 50.4 Å². The molecule has 1 aliphatic rings. The average molecular weight is 274 g/mol. The molecule has 1 heterocycles. The third-order valence-electron chi connectivity index (χ3n) is 4.34. The molecule has 1 fully saturated rings. The summed E-state index contributed by atoms with van der Waals surface area (Å²) in [5.41, 5.74) is 0.691. The Kier molecular flexibility index (Phi) is 2.99. The van der Waals surface area contributed by atoms with Gasteiger partial charge in [0.2, 0.25) is 0 Å². The van der Waals surface area contributed by atoms with E-state index < -0.39 is 5.60 Å². The van der Waals surface area contributed by atoms with Gasteiger partial charge in [0.25, 0.3) is 0 Å². The van der Waals surface area contributed by atoms with Crippen LogP contribution in [0.25, 0.3) is 10.1 Å². The van der Waals surface area contributed by atoms with Crippen LogP contribution in [0.4, 0.5) is 0 Å². The van der Waals surface area contributed by atoms with E-state index in [0.29, 0.717) is 5.92 Å². The first-order valence-electron chi connectivity index (χ1n) is 7.09. The standard InChI is InChI=1S/C17H22OS/c1-12-9-16(2,3)11-17(18,10-12)14-6-4-5-13-7-8-19-15(13)14/h4-8,12,18H,9-11H2,1-3H3. The van der Waals surface area contributed by atoms with E-state index in [1.807, 2.05) is 0 Å². The third-order valence-corrected chi connectivity index (χ3v) is 5.30. The Morgan fingerprint density at radius 3 is 2.74 bits per heavy atom. The zero-order valence-electron chi connectivity index (χ0n) is 11.9. The quantitative estimate of drug-likeness (QED) is 0.781. The van der Waals surface area contributed by atoms with Crippen LogP contribution in [0.3, 0.4) is 0 Å². The molecule has 2 heteroatoms. The molecular weight excluding hydrogens is 252 g/mol. The largest absolute Gasteiger partial charge is 0.385 e. The Morgan fingerprint density at radius 2 is 2.00 bits per heavy atom. The van der Waals surface area contributed by atoms with Crippen LogP contribution in [0.15, 0.2) is 29.6 Å². The minimum atomic E-state index is -0.661. The molecule has 1 nitrogen and oxygen atoms in total. The van der Waals surface area contributed by atoms with Gasteiger partial charge in [-0.2, -0.15) is 0 Å². The first-order valence-corrected chi connectivity index (χ1v) is 7.97. The molecule has 0 aliphatic heterocycles. The number of hydrogen-bond donors (Lipinski definition) is 1. The molecule has 1 N–H and O–H groups in total. The van der Waals surface area contributed by atoms with Crippen molar-refractivity contribution in [2.75, 3.05) is 0 Å². The monoisotopic (exact) mass is 274 g/mol. The molecule has 19 heavy (non-hydrogen) atoms. The number of thiophene rings is 1. The minimum absolute atomic E-state index is 0.214. The maximum Gasteiger partial charge on any atom is 0.0918 e. The second-order valence-electron chi connectivity index (χ2n) is 7.03. The SMILES string of the molecule is CC1CC(C)(C)CC(O)(c2cccc3ccsc23)C1. The fourth-order valence-corrected chi connectivity index (χ4v) is 5.10. The molecule has 2 unspecified atom stereocenters. The fourth-order valence-electron chi connectivity index (χ4n) is 4.09. The molecule has 1 aromatic carbocycles. The van der Waals surface area contributed by atoms with Crippen LogP contribution in [-0.4, -0.2) is 5.11 Å². The van der Waals surface area contributed by atoms with Crippen molar-refractivity contribution in [1.29, 1.82) is 0 Å². The predicted molar refractivity (Wildman–Crippen MR) is 82.5 cm³/mol. The fraction of sp³-hybridized carbons (Fsp3) is 0.529. The topological polar surface area (TPSA) is 20.2 Å². The first kappa shape index (κ1) is 13.1. The Hall–Kier alpha value is -0.860. The maximum absolute atomic E-state index is 11.3. The van der Waals surface area contributed by atoms with Gasteiger partial charge < -0.3 is 5.11 Å². The van der Waals surface area contributed by atoms with E-state index in [-0.39, 0.29) is 5.41 Å². The van der Waals surface area contributed by atoms with Crippen LogP contribution in [0, 0.1) is 11.3 Å². The number of fused-ring (bicyclic) bond motifs is 1. The third kappa shape index (κ3) is 2.32. The Labute approximate surface area is 119 Å². The van der Waals surface area contributed by atoms with E-state index in [1.54, 1.807) is 11.3 Å². The summed E-state index contributed by atoms with van der Waals surface area (Å²) in [7, 11) is 0. The van der Waals surface area contributed by atoms with Gasteiger partial charge in [0, 0.05) is 10.3 Å². The van der Waals surface area contributed by atoms with Crippen LogP contribution in [-0.2, 0) is 5.60 Å². The van der Waals surface area contributed by atoms with E-state index >= 15 is 0 Å². The summed E-state index contributed by atoms with van der Waals surface area (Å²) in [5.74, 6) is 0.573. The molecule has 102 valence electrons. The molecular formula is C17H22OS. The average Bonchev–Trinajstić information content (AvgIpc) is 2.72. The van der Waals surface area contributed by atoms with Gasteiger partial charge in [-0.05, 0) is 47.4 Å². The van der Waals surface area contributed by atoms with Gasteiger partial charge in [-0.1, -0.05) is 39.0 Å². The molecule has 1 aliphatic carbocycles. The Morgan fingerprint density at radius 1 is 1.21 bits per heavy atom. The van der Waals surface area contributed by atoms with Crippen LogP contribution in [0.5, 0.6) is 0 Å². The number of benzene rings is 1. The summed E-state index contributed by atoms with van der Waals surface area (Å²) in [6, 6.07) is 8.47. The zero-order valence-corrected chi connectivity index (χ0v) is 12.8. The lowest BCUT2D eigenvalue weighted by atomic mass is 9.64. The smallest absolute Gasteiger partial charge is 0.0918 e. The molecule has 2 atom stereocenters. The lowest BCUT2D eigenvalue weighted by Crippen LogP contribution is -2.40. The van der Waals surface area contributed by atoms with Crippen molar-refractivity contribution in [3.63, 3.8) is 0 Å². The van der Waals surface area contributed by atoms with Crippen LogP contribution < -0.4 is 0 Å². The highest BCUT2D eigenvalue weighted by Crippen LogP contribution is 2.50. The van der Waals surface area contributed by atoms with Crippen molar-refractivity contribution in [3.05, 3.63) is 35.2 Å². The van der Waals surface area contributed by atoms with Crippen molar-refractivity contribution in [2.45, 2.75) is 45.6 Å². The van der Waals surface area contributed by atoms with Gasteiger partial charge in [0.05, 0.1) is 5.60 Å². The summed E-state index contributed by atoms with van der Waals surface area (Å²) in [6.07, 6.45) is 2.95. The highest BCUT2D eigenvalue weighted by Gasteiger charge is 2.43. The molecule has 0 radical (unpaired) electrons. The van der Waals surface area contributed by atoms with E-state index in [4.69, 9.17) is 0 Å². The van der Waals surface area contributed by atoms with E-state index in [1.165, 1.54) is 16.5 Å². The van der Waals surface area contributed by atoms with Crippen LogP contribution in [0.1, 0.15) is 45.6 Å². The second kappa shape index (κ2) is 4.32.